The monoisotopic (exact) mass is 238 g/mol. The van der Waals surface area contributed by atoms with Crippen molar-refractivity contribution < 1.29 is 9.90 Å². The Balaban J connectivity index is 2.23. The molecule has 0 bridgehead atoms. The number of anilines is 2. The molecule has 1 aliphatic heterocycles. The topological polar surface area (TPSA) is 66.6 Å². The van der Waals surface area contributed by atoms with E-state index in [4.69, 9.17) is 10.8 Å². The van der Waals surface area contributed by atoms with E-state index in [-0.39, 0.29) is 5.56 Å². The van der Waals surface area contributed by atoms with Gasteiger partial charge in [-0.25, -0.2) is 4.79 Å². The molecule has 5 heteroatoms. The van der Waals surface area contributed by atoms with Gasteiger partial charge in [0.1, 0.15) is 0 Å². The molecule has 0 saturated carbocycles. The van der Waals surface area contributed by atoms with E-state index in [1.807, 2.05) is 17.8 Å². The fourth-order valence-electron chi connectivity index (χ4n) is 1.76. The predicted molar refractivity (Wildman–Crippen MR) is 67.4 cm³/mol. The van der Waals surface area contributed by atoms with Crippen molar-refractivity contribution in [2.45, 2.75) is 0 Å². The highest BCUT2D eigenvalue weighted by atomic mass is 32.2. The molecule has 0 atom stereocenters. The van der Waals surface area contributed by atoms with Crippen LogP contribution in [0.4, 0.5) is 11.4 Å². The highest BCUT2D eigenvalue weighted by Gasteiger charge is 2.14. The Hall–Kier alpha value is -1.36. The minimum Gasteiger partial charge on any atom is -0.478 e. The Kier molecular flexibility index (Phi) is 3.24. The van der Waals surface area contributed by atoms with Gasteiger partial charge in [0.05, 0.1) is 5.56 Å². The second kappa shape index (κ2) is 4.65. The molecule has 0 aliphatic carbocycles. The highest BCUT2D eigenvalue weighted by Crippen LogP contribution is 2.24. The van der Waals surface area contributed by atoms with Crippen molar-refractivity contribution >= 4 is 29.1 Å². The third-order valence-corrected chi connectivity index (χ3v) is 3.58. The summed E-state index contributed by atoms with van der Waals surface area (Å²) in [7, 11) is 0. The number of benzene rings is 1. The largest absolute Gasteiger partial charge is 0.478 e. The molecule has 2 rings (SSSR count). The lowest BCUT2D eigenvalue weighted by Gasteiger charge is -2.28. The van der Waals surface area contributed by atoms with Crippen molar-refractivity contribution in [1.29, 1.82) is 0 Å². The number of hydrogen-bond acceptors (Lipinski definition) is 4. The lowest BCUT2D eigenvalue weighted by molar-refractivity contribution is 0.0698. The maximum atomic E-state index is 10.8. The molecule has 0 aromatic heterocycles. The van der Waals surface area contributed by atoms with Crippen LogP contribution in [-0.4, -0.2) is 35.7 Å². The number of nitrogens with zero attached hydrogens (tertiary/aromatic N) is 1. The molecule has 1 heterocycles. The SMILES string of the molecule is Nc1cc(N2CCSCC2)ccc1C(=O)O. The van der Waals surface area contributed by atoms with Gasteiger partial charge in [0, 0.05) is 36.0 Å². The number of thioether (sulfide) groups is 1. The normalized spacial score (nSPS) is 16.1. The fraction of sp³-hybridized carbons (Fsp3) is 0.364. The van der Waals surface area contributed by atoms with E-state index in [0.717, 1.165) is 30.3 Å². The van der Waals surface area contributed by atoms with Gasteiger partial charge in [-0.05, 0) is 18.2 Å². The van der Waals surface area contributed by atoms with Gasteiger partial charge < -0.3 is 15.7 Å². The Labute approximate surface area is 98.4 Å². The van der Waals surface area contributed by atoms with E-state index >= 15 is 0 Å². The summed E-state index contributed by atoms with van der Waals surface area (Å²) in [5, 5.41) is 8.87. The van der Waals surface area contributed by atoms with Crippen molar-refractivity contribution in [3.8, 4) is 0 Å². The van der Waals surface area contributed by atoms with Gasteiger partial charge in [0.15, 0.2) is 0 Å². The third kappa shape index (κ3) is 2.24. The van der Waals surface area contributed by atoms with Crippen LogP contribution in [0.1, 0.15) is 10.4 Å². The summed E-state index contributed by atoms with van der Waals surface area (Å²) in [5.41, 5.74) is 7.25. The lowest BCUT2D eigenvalue weighted by atomic mass is 10.1. The summed E-state index contributed by atoms with van der Waals surface area (Å²) >= 11 is 1.94. The summed E-state index contributed by atoms with van der Waals surface area (Å²) in [4.78, 5) is 13.0. The molecule has 1 saturated heterocycles. The molecule has 0 spiro atoms. The first-order valence-electron chi connectivity index (χ1n) is 5.14. The molecule has 1 aromatic carbocycles. The van der Waals surface area contributed by atoms with Crippen LogP contribution >= 0.6 is 11.8 Å². The van der Waals surface area contributed by atoms with Crippen LogP contribution in [-0.2, 0) is 0 Å². The average molecular weight is 238 g/mol. The summed E-state index contributed by atoms with van der Waals surface area (Å²) in [6, 6.07) is 5.16. The molecule has 1 aromatic rings. The number of rotatable bonds is 2. The first kappa shape index (κ1) is 11.1. The van der Waals surface area contributed by atoms with Gasteiger partial charge in [0.2, 0.25) is 0 Å². The van der Waals surface area contributed by atoms with Crippen molar-refractivity contribution in [2.24, 2.45) is 0 Å². The highest BCUT2D eigenvalue weighted by molar-refractivity contribution is 7.99. The van der Waals surface area contributed by atoms with Crippen molar-refractivity contribution in [3.63, 3.8) is 0 Å². The van der Waals surface area contributed by atoms with E-state index in [2.05, 4.69) is 4.90 Å². The maximum Gasteiger partial charge on any atom is 0.337 e. The number of carboxylic acid groups (broad SMARTS) is 1. The van der Waals surface area contributed by atoms with Crippen LogP contribution in [0, 0.1) is 0 Å². The van der Waals surface area contributed by atoms with E-state index in [9.17, 15) is 4.79 Å². The molecule has 16 heavy (non-hydrogen) atoms. The molecule has 1 aliphatic rings. The molecular formula is C11H14N2O2S. The summed E-state index contributed by atoms with van der Waals surface area (Å²) < 4.78 is 0. The van der Waals surface area contributed by atoms with E-state index in [0.29, 0.717) is 5.69 Å². The Morgan fingerprint density at radius 1 is 1.38 bits per heavy atom. The third-order valence-electron chi connectivity index (χ3n) is 2.64. The van der Waals surface area contributed by atoms with Crippen LogP contribution in [0.2, 0.25) is 0 Å². The standard InChI is InChI=1S/C11H14N2O2S/c12-10-7-8(1-2-9(10)11(14)15)13-3-5-16-6-4-13/h1-2,7H,3-6,12H2,(H,14,15). The minimum absolute atomic E-state index is 0.176. The number of carbonyl (C=O) groups is 1. The second-order valence-electron chi connectivity index (χ2n) is 3.68. The number of nitrogens with two attached hydrogens (primary N) is 1. The Bertz CT molecular complexity index is 403. The van der Waals surface area contributed by atoms with Crippen LogP contribution in [0.3, 0.4) is 0 Å². The molecular weight excluding hydrogens is 224 g/mol. The molecule has 0 radical (unpaired) electrons. The van der Waals surface area contributed by atoms with E-state index < -0.39 is 5.97 Å². The van der Waals surface area contributed by atoms with E-state index in [1.165, 1.54) is 0 Å². The summed E-state index contributed by atoms with van der Waals surface area (Å²) in [6.07, 6.45) is 0. The number of carboxylic acids is 1. The Morgan fingerprint density at radius 3 is 2.62 bits per heavy atom. The summed E-state index contributed by atoms with van der Waals surface area (Å²) in [5.74, 6) is 1.25. The molecule has 86 valence electrons. The van der Waals surface area contributed by atoms with Crippen LogP contribution < -0.4 is 10.6 Å². The number of hydrogen-bond donors (Lipinski definition) is 2. The first-order chi connectivity index (χ1) is 7.68. The van der Waals surface area contributed by atoms with Gasteiger partial charge in [-0.1, -0.05) is 0 Å². The van der Waals surface area contributed by atoms with Crippen LogP contribution in [0.5, 0.6) is 0 Å². The average Bonchev–Trinajstić information content (AvgIpc) is 2.29. The number of aromatic carboxylic acids is 1. The smallest absolute Gasteiger partial charge is 0.337 e. The molecule has 1 fully saturated rings. The lowest BCUT2D eigenvalue weighted by Crippen LogP contribution is -2.32. The van der Waals surface area contributed by atoms with Crippen LogP contribution in [0.25, 0.3) is 0 Å². The predicted octanol–water partition coefficient (Wildman–Crippen LogP) is 1.52. The van der Waals surface area contributed by atoms with Crippen LogP contribution in [0.15, 0.2) is 18.2 Å². The van der Waals surface area contributed by atoms with Gasteiger partial charge in [-0.15, -0.1) is 0 Å². The zero-order valence-corrected chi connectivity index (χ0v) is 9.67. The molecule has 0 amide bonds. The maximum absolute atomic E-state index is 10.8. The zero-order chi connectivity index (χ0) is 11.5. The van der Waals surface area contributed by atoms with Crippen molar-refractivity contribution in [2.75, 3.05) is 35.2 Å². The second-order valence-corrected chi connectivity index (χ2v) is 4.90. The molecule has 3 N–H and O–H groups in total. The number of nitrogen functional groups attached to an aromatic ring is 1. The van der Waals surface area contributed by atoms with Gasteiger partial charge >= 0.3 is 5.97 Å². The van der Waals surface area contributed by atoms with E-state index in [1.54, 1.807) is 12.1 Å². The molecule has 4 nitrogen and oxygen atoms in total. The van der Waals surface area contributed by atoms with Gasteiger partial charge in [-0.3, -0.25) is 0 Å². The van der Waals surface area contributed by atoms with Gasteiger partial charge in [-0.2, -0.15) is 11.8 Å². The first-order valence-corrected chi connectivity index (χ1v) is 6.29. The fourth-order valence-corrected chi connectivity index (χ4v) is 2.67. The quantitative estimate of drug-likeness (QED) is 0.765. The zero-order valence-electron chi connectivity index (χ0n) is 8.85. The minimum atomic E-state index is -0.974. The molecule has 0 unspecified atom stereocenters. The Morgan fingerprint density at radius 2 is 2.06 bits per heavy atom. The summed E-state index contributed by atoms with van der Waals surface area (Å²) in [6.45, 7) is 1.99. The van der Waals surface area contributed by atoms with Crippen molar-refractivity contribution in [1.82, 2.24) is 0 Å². The van der Waals surface area contributed by atoms with Crippen molar-refractivity contribution in [3.05, 3.63) is 23.8 Å². The van der Waals surface area contributed by atoms with Gasteiger partial charge in [0.25, 0.3) is 0 Å².